The van der Waals surface area contributed by atoms with Crippen molar-refractivity contribution < 1.29 is 14.4 Å². The first-order chi connectivity index (χ1) is 15.6. The lowest BCUT2D eigenvalue weighted by Gasteiger charge is -2.36. The normalized spacial score (nSPS) is 30.8. The van der Waals surface area contributed by atoms with E-state index in [0.717, 1.165) is 41.4 Å². The highest BCUT2D eigenvalue weighted by Crippen LogP contribution is 2.60. The number of benzene rings is 3. The number of nitrogens with one attached hydrogen (secondary N) is 1. The molecular weight excluding hydrogens is 402 g/mol. The van der Waals surface area contributed by atoms with E-state index in [1.165, 1.54) is 4.90 Å². The van der Waals surface area contributed by atoms with Crippen LogP contribution in [0.1, 0.15) is 18.4 Å². The molecule has 1 spiro atoms. The number of carbonyl (C=O) groups is 3. The Labute approximate surface area is 184 Å². The van der Waals surface area contributed by atoms with Gasteiger partial charge < -0.3 is 5.32 Å². The fraction of sp³-hybridized carbons (Fsp3) is 0.269. The van der Waals surface area contributed by atoms with Crippen molar-refractivity contribution in [3.05, 3.63) is 72.3 Å². The SMILES string of the molecule is O=C1[C@H]2[C@@H](C(=O)N1c1ccc3ccccc3c1)[C@]1(C(=O)Nc3ccccc31)N1CCC[C@@H]21. The summed E-state index contributed by atoms with van der Waals surface area (Å²) in [5, 5.41) is 5.04. The van der Waals surface area contributed by atoms with Crippen molar-refractivity contribution in [3.8, 4) is 0 Å². The van der Waals surface area contributed by atoms with Crippen molar-refractivity contribution >= 4 is 39.9 Å². The molecule has 0 aromatic heterocycles. The number of amides is 3. The van der Waals surface area contributed by atoms with Crippen molar-refractivity contribution in [1.82, 2.24) is 4.90 Å². The Bertz CT molecular complexity index is 1350. The van der Waals surface area contributed by atoms with Crippen LogP contribution in [0.15, 0.2) is 66.7 Å². The van der Waals surface area contributed by atoms with Gasteiger partial charge >= 0.3 is 0 Å². The first kappa shape index (κ1) is 18.1. The lowest BCUT2D eigenvalue weighted by Crippen LogP contribution is -2.54. The summed E-state index contributed by atoms with van der Waals surface area (Å²) < 4.78 is 0. The van der Waals surface area contributed by atoms with Gasteiger partial charge in [0.1, 0.15) is 5.54 Å². The Morgan fingerprint density at radius 3 is 2.53 bits per heavy atom. The van der Waals surface area contributed by atoms with E-state index < -0.39 is 17.4 Å². The Hall–Kier alpha value is -3.51. The van der Waals surface area contributed by atoms with Gasteiger partial charge in [0.2, 0.25) is 17.7 Å². The predicted octanol–water partition coefficient (Wildman–Crippen LogP) is 3.27. The molecule has 0 radical (unpaired) electrons. The minimum absolute atomic E-state index is 0.0983. The largest absolute Gasteiger partial charge is 0.324 e. The maximum absolute atomic E-state index is 14.0. The van der Waals surface area contributed by atoms with Gasteiger partial charge in [-0.2, -0.15) is 0 Å². The van der Waals surface area contributed by atoms with Gasteiger partial charge in [0.05, 0.1) is 17.5 Å². The van der Waals surface area contributed by atoms with Crippen molar-refractivity contribution in [1.29, 1.82) is 0 Å². The molecule has 158 valence electrons. The molecule has 7 rings (SSSR count). The number of nitrogens with zero attached hydrogens (tertiary/aromatic N) is 2. The fourth-order valence-corrected chi connectivity index (χ4v) is 6.73. The lowest BCUT2D eigenvalue weighted by molar-refractivity contribution is -0.135. The molecule has 4 aliphatic rings. The third-order valence-corrected chi connectivity index (χ3v) is 7.89. The van der Waals surface area contributed by atoms with Crippen LogP contribution < -0.4 is 10.2 Å². The standard InChI is InChI=1S/C26H21N3O3/c30-23-21-20-10-5-13-28(20)26(18-8-3-4-9-19(18)27-25(26)32)22(21)24(31)29(23)17-12-11-15-6-1-2-7-16(15)14-17/h1-4,6-9,11-12,14,20-22H,5,10,13H2,(H,27,32)/t20-,21+,22-,26+/m0/s1. The second-order valence-corrected chi connectivity index (χ2v) is 9.22. The molecule has 3 saturated heterocycles. The molecular formula is C26H21N3O3. The van der Waals surface area contributed by atoms with Crippen LogP contribution in [0.5, 0.6) is 0 Å². The summed E-state index contributed by atoms with van der Waals surface area (Å²) in [6.45, 7) is 0.718. The minimum Gasteiger partial charge on any atom is -0.324 e. The van der Waals surface area contributed by atoms with Crippen LogP contribution in [0.4, 0.5) is 11.4 Å². The summed E-state index contributed by atoms with van der Waals surface area (Å²) in [6, 6.07) is 21.1. The van der Waals surface area contributed by atoms with Crippen LogP contribution >= 0.6 is 0 Å². The molecule has 4 heterocycles. The molecule has 0 saturated carbocycles. The predicted molar refractivity (Wildman–Crippen MR) is 120 cm³/mol. The highest BCUT2D eigenvalue weighted by molar-refractivity contribution is 6.26. The van der Waals surface area contributed by atoms with E-state index >= 15 is 0 Å². The van der Waals surface area contributed by atoms with Gasteiger partial charge in [-0.05, 0) is 48.4 Å². The summed E-state index contributed by atoms with van der Waals surface area (Å²) in [4.78, 5) is 44.8. The maximum Gasteiger partial charge on any atom is 0.250 e. The summed E-state index contributed by atoms with van der Waals surface area (Å²) in [7, 11) is 0. The van der Waals surface area contributed by atoms with Gasteiger partial charge in [-0.25, -0.2) is 4.90 Å². The number of hydrogen-bond donors (Lipinski definition) is 1. The number of anilines is 2. The molecule has 32 heavy (non-hydrogen) atoms. The molecule has 6 heteroatoms. The molecule has 4 aliphatic heterocycles. The van der Waals surface area contributed by atoms with Gasteiger partial charge in [0, 0.05) is 17.3 Å². The monoisotopic (exact) mass is 423 g/mol. The third kappa shape index (κ3) is 1.97. The van der Waals surface area contributed by atoms with Crippen LogP contribution in [0, 0.1) is 11.8 Å². The van der Waals surface area contributed by atoms with E-state index in [4.69, 9.17) is 0 Å². The molecule has 4 atom stereocenters. The second kappa shape index (κ2) is 6.04. The molecule has 3 aromatic carbocycles. The summed E-state index contributed by atoms with van der Waals surface area (Å²) in [5.41, 5.74) is 1.04. The number of carbonyl (C=O) groups excluding carboxylic acids is 3. The van der Waals surface area contributed by atoms with E-state index in [2.05, 4.69) is 10.2 Å². The Morgan fingerprint density at radius 1 is 0.875 bits per heavy atom. The molecule has 6 nitrogen and oxygen atoms in total. The van der Waals surface area contributed by atoms with Gasteiger partial charge in [-0.3, -0.25) is 19.3 Å². The average Bonchev–Trinajstić information content (AvgIpc) is 3.51. The zero-order chi connectivity index (χ0) is 21.6. The van der Waals surface area contributed by atoms with Crippen LogP contribution in [-0.4, -0.2) is 35.2 Å². The van der Waals surface area contributed by atoms with Crippen molar-refractivity contribution in [2.75, 3.05) is 16.8 Å². The number of fused-ring (bicyclic) bond motifs is 8. The fourth-order valence-electron chi connectivity index (χ4n) is 6.73. The van der Waals surface area contributed by atoms with Crippen LogP contribution in [-0.2, 0) is 19.9 Å². The molecule has 0 bridgehead atoms. The van der Waals surface area contributed by atoms with E-state index in [1.807, 2.05) is 66.7 Å². The lowest BCUT2D eigenvalue weighted by atomic mass is 9.75. The highest BCUT2D eigenvalue weighted by atomic mass is 16.2. The van der Waals surface area contributed by atoms with Crippen LogP contribution in [0.3, 0.4) is 0 Å². The van der Waals surface area contributed by atoms with E-state index in [-0.39, 0.29) is 23.8 Å². The van der Waals surface area contributed by atoms with Crippen molar-refractivity contribution in [2.24, 2.45) is 11.8 Å². The van der Waals surface area contributed by atoms with Gasteiger partial charge in [0.25, 0.3) is 0 Å². The zero-order valence-electron chi connectivity index (χ0n) is 17.3. The maximum atomic E-state index is 14.0. The van der Waals surface area contributed by atoms with Crippen molar-refractivity contribution in [3.63, 3.8) is 0 Å². The number of imide groups is 1. The number of rotatable bonds is 1. The first-order valence-corrected chi connectivity index (χ1v) is 11.2. The quantitative estimate of drug-likeness (QED) is 0.610. The Balaban J connectivity index is 1.42. The second-order valence-electron chi connectivity index (χ2n) is 9.22. The van der Waals surface area contributed by atoms with Gasteiger partial charge in [-0.1, -0.05) is 48.5 Å². The van der Waals surface area contributed by atoms with Gasteiger partial charge in [0.15, 0.2) is 0 Å². The molecule has 0 unspecified atom stereocenters. The zero-order valence-corrected chi connectivity index (χ0v) is 17.3. The topological polar surface area (TPSA) is 69.7 Å². The molecule has 0 aliphatic carbocycles. The molecule has 3 amide bonds. The van der Waals surface area contributed by atoms with Gasteiger partial charge in [-0.15, -0.1) is 0 Å². The van der Waals surface area contributed by atoms with E-state index in [0.29, 0.717) is 5.69 Å². The average molecular weight is 423 g/mol. The van der Waals surface area contributed by atoms with E-state index in [9.17, 15) is 14.4 Å². The highest BCUT2D eigenvalue weighted by Gasteiger charge is 2.74. The first-order valence-electron chi connectivity index (χ1n) is 11.2. The molecule has 3 aromatic rings. The third-order valence-electron chi connectivity index (χ3n) is 7.89. The summed E-state index contributed by atoms with van der Waals surface area (Å²) >= 11 is 0. The van der Waals surface area contributed by atoms with Crippen molar-refractivity contribution in [2.45, 2.75) is 24.4 Å². The minimum atomic E-state index is -1.11. The van der Waals surface area contributed by atoms with Crippen LogP contribution in [0.25, 0.3) is 10.8 Å². The van der Waals surface area contributed by atoms with E-state index in [1.54, 1.807) is 0 Å². The molecule has 1 N–H and O–H groups in total. The Morgan fingerprint density at radius 2 is 1.66 bits per heavy atom. The smallest absolute Gasteiger partial charge is 0.250 e. The summed E-state index contributed by atoms with van der Waals surface area (Å²) in [5.74, 6) is -1.85. The molecule has 3 fully saturated rings. The van der Waals surface area contributed by atoms with Crippen LogP contribution in [0.2, 0.25) is 0 Å². The summed E-state index contributed by atoms with van der Waals surface area (Å²) in [6.07, 6.45) is 1.74. The number of para-hydroxylation sites is 1. The number of hydrogen-bond acceptors (Lipinski definition) is 4. The Kier molecular flexibility index (Phi) is 3.42.